The number of carbonyl (C=O) groups is 1. The molecule has 1 aliphatic rings. The second kappa shape index (κ2) is 9.47. The molecule has 2 heterocycles. The van der Waals surface area contributed by atoms with Crippen molar-refractivity contribution in [3.63, 3.8) is 0 Å². The fourth-order valence-corrected chi connectivity index (χ4v) is 2.28. The molecule has 0 spiro atoms. The topological polar surface area (TPSA) is 63.2 Å². The predicted molar refractivity (Wildman–Crippen MR) is 99.4 cm³/mol. The van der Waals surface area contributed by atoms with Crippen molar-refractivity contribution < 1.29 is 9.53 Å². The molecule has 0 aliphatic carbocycles. The van der Waals surface area contributed by atoms with Gasteiger partial charge in [-0.05, 0) is 55.4 Å². The van der Waals surface area contributed by atoms with Crippen molar-refractivity contribution in [2.45, 2.75) is 6.92 Å². The number of hydrogen-bond acceptors (Lipinski definition) is 4. The second-order valence-corrected chi connectivity index (χ2v) is 5.51. The van der Waals surface area contributed by atoms with Gasteiger partial charge in [-0.2, -0.15) is 0 Å². The lowest BCUT2D eigenvalue weighted by Gasteiger charge is -2.31. The molecule has 130 valence electrons. The molecule has 7 heteroatoms. The summed E-state index contributed by atoms with van der Waals surface area (Å²) in [6.07, 6.45) is 3.36. The van der Waals surface area contributed by atoms with Crippen LogP contribution in [0.5, 0.6) is 11.5 Å². The Labute approximate surface area is 154 Å². The van der Waals surface area contributed by atoms with E-state index >= 15 is 0 Å². The lowest BCUT2D eigenvalue weighted by molar-refractivity contribution is -0.121. The van der Waals surface area contributed by atoms with Gasteiger partial charge in [-0.1, -0.05) is 6.92 Å². The molecule has 1 amide bonds. The molecule has 5 nitrogen and oxygen atoms in total. The molecule has 24 heavy (non-hydrogen) atoms. The van der Waals surface area contributed by atoms with Gasteiger partial charge in [0.1, 0.15) is 11.5 Å². The van der Waals surface area contributed by atoms with E-state index in [4.69, 9.17) is 4.74 Å². The van der Waals surface area contributed by atoms with Gasteiger partial charge in [0, 0.05) is 24.0 Å². The van der Waals surface area contributed by atoms with Crippen LogP contribution < -0.4 is 15.4 Å². The zero-order valence-corrected chi connectivity index (χ0v) is 14.9. The van der Waals surface area contributed by atoms with E-state index in [1.165, 1.54) is 0 Å². The number of ether oxygens (including phenoxy) is 1. The highest BCUT2D eigenvalue weighted by atomic mass is 35.5. The maximum Gasteiger partial charge on any atom is 0.227 e. The molecule has 1 unspecified atom stereocenters. The fourth-order valence-electron chi connectivity index (χ4n) is 2.28. The number of pyridine rings is 1. The Morgan fingerprint density at radius 2 is 1.71 bits per heavy atom. The van der Waals surface area contributed by atoms with E-state index in [1.54, 1.807) is 24.5 Å². The predicted octanol–water partition coefficient (Wildman–Crippen LogP) is 3.51. The van der Waals surface area contributed by atoms with Gasteiger partial charge in [-0.25, -0.2) is 0 Å². The SMILES string of the molecule is CC(C(=O)Nc1ccc(Oc2ccncc2)cc1)C1CNC1.Cl.Cl. The second-order valence-electron chi connectivity index (χ2n) is 5.51. The van der Waals surface area contributed by atoms with Crippen LogP contribution in [-0.2, 0) is 4.79 Å². The Bertz CT molecular complexity index is 634. The van der Waals surface area contributed by atoms with Gasteiger partial charge in [0.25, 0.3) is 0 Å². The van der Waals surface area contributed by atoms with Crippen molar-refractivity contribution in [3.05, 3.63) is 48.8 Å². The average molecular weight is 370 g/mol. The number of carbonyl (C=O) groups excluding carboxylic acids is 1. The number of rotatable bonds is 5. The van der Waals surface area contributed by atoms with Gasteiger partial charge < -0.3 is 15.4 Å². The summed E-state index contributed by atoms with van der Waals surface area (Å²) in [7, 11) is 0. The molecule has 0 radical (unpaired) electrons. The van der Waals surface area contributed by atoms with Gasteiger partial charge in [-0.15, -0.1) is 24.8 Å². The van der Waals surface area contributed by atoms with Gasteiger partial charge in [0.05, 0.1) is 0 Å². The van der Waals surface area contributed by atoms with E-state index in [9.17, 15) is 4.79 Å². The number of amides is 1. The van der Waals surface area contributed by atoms with Crippen LogP contribution in [0.1, 0.15) is 6.92 Å². The monoisotopic (exact) mass is 369 g/mol. The summed E-state index contributed by atoms with van der Waals surface area (Å²) in [6, 6.07) is 11.0. The maximum atomic E-state index is 12.1. The summed E-state index contributed by atoms with van der Waals surface area (Å²) in [5.74, 6) is 1.98. The third kappa shape index (κ3) is 5.09. The molecule has 1 saturated heterocycles. The van der Waals surface area contributed by atoms with Crippen molar-refractivity contribution in [1.29, 1.82) is 0 Å². The van der Waals surface area contributed by atoms with Crippen LogP contribution in [0.25, 0.3) is 0 Å². The van der Waals surface area contributed by atoms with Gasteiger partial charge in [-0.3, -0.25) is 9.78 Å². The zero-order valence-electron chi connectivity index (χ0n) is 13.3. The summed E-state index contributed by atoms with van der Waals surface area (Å²) >= 11 is 0. The van der Waals surface area contributed by atoms with Crippen molar-refractivity contribution in [2.24, 2.45) is 11.8 Å². The molecule has 1 aromatic carbocycles. The van der Waals surface area contributed by atoms with E-state index < -0.39 is 0 Å². The molecule has 0 bridgehead atoms. The molecular weight excluding hydrogens is 349 g/mol. The Kier molecular flexibility index (Phi) is 7.98. The minimum Gasteiger partial charge on any atom is -0.457 e. The zero-order chi connectivity index (χ0) is 15.4. The highest BCUT2D eigenvalue weighted by Crippen LogP contribution is 2.23. The number of hydrogen-bond donors (Lipinski definition) is 2. The van der Waals surface area contributed by atoms with Crippen LogP contribution in [0.15, 0.2) is 48.8 Å². The van der Waals surface area contributed by atoms with Crippen LogP contribution in [0.3, 0.4) is 0 Å². The first-order valence-electron chi connectivity index (χ1n) is 7.42. The van der Waals surface area contributed by atoms with Crippen LogP contribution in [0, 0.1) is 11.8 Å². The summed E-state index contributed by atoms with van der Waals surface area (Å²) in [4.78, 5) is 16.1. The van der Waals surface area contributed by atoms with Crippen LogP contribution in [-0.4, -0.2) is 24.0 Å². The van der Waals surface area contributed by atoms with Crippen molar-refractivity contribution in [2.75, 3.05) is 18.4 Å². The fraction of sp³-hybridized carbons (Fsp3) is 0.294. The molecule has 1 fully saturated rings. The number of nitrogens with one attached hydrogen (secondary N) is 2. The Balaban J connectivity index is 0.00000144. The molecule has 2 aromatic rings. The van der Waals surface area contributed by atoms with Crippen molar-refractivity contribution >= 4 is 36.4 Å². The number of aromatic nitrogens is 1. The smallest absolute Gasteiger partial charge is 0.227 e. The molecule has 2 N–H and O–H groups in total. The minimum absolute atomic E-state index is 0. The summed E-state index contributed by atoms with van der Waals surface area (Å²) in [5.41, 5.74) is 0.784. The number of anilines is 1. The van der Waals surface area contributed by atoms with E-state index in [-0.39, 0.29) is 36.6 Å². The third-order valence-electron chi connectivity index (χ3n) is 3.94. The van der Waals surface area contributed by atoms with Crippen LogP contribution in [0.2, 0.25) is 0 Å². The van der Waals surface area contributed by atoms with Gasteiger partial charge in [0.2, 0.25) is 5.91 Å². The van der Waals surface area contributed by atoms with E-state index in [0.29, 0.717) is 5.92 Å². The summed E-state index contributed by atoms with van der Waals surface area (Å²) < 4.78 is 5.69. The highest BCUT2D eigenvalue weighted by Gasteiger charge is 2.28. The van der Waals surface area contributed by atoms with E-state index in [1.807, 2.05) is 31.2 Å². The summed E-state index contributed by atoms with van der Waals surface area (Å²) in [6.45, 7) is 3.82. The Morgan fingerprint density at radius 1 is 1.12 bits per heavy atom. The maximum absolute atomic E-state index is 12.1. The lowest BCUT2D eigenvalue weighted by Crippen LogP contribution is -2.48. The third-order valence-corrected chi connectivity index (χ3v) is 3.94. The van der Waals surface area contributed by atoms with Crippen molar-refractivity contribution in [3.8, 4) is 11.5 Å². The standard InChI is InChI=1S/C17H19N3O2.2ClH/c1-12(13-10-19-11-13)17(21)20-14-2-4-15(5-3-14)22-16-6-8-18-9-7-16;;/h2-9,12-13,19H,10-11H2,1H3,(H,20,21);2*1H. The average Bonchev–Trinajstić information content (AvgIpc) is 2.48. The van der Waals surface area contributed by atoms with Crippen molar-refractivity contribution in [1.82, 2.24) is 10.3 Å². The highest BCUT2D eigenvalue weighted by molar-refractivity contribution is 5.92. The number of benzene rings is 1. The molecule has 3 rings (SSSR count). The quantitative estimate of drug-likeness (QED) is 0.846. The lowest BCUT2D eigenvalue weighted by atomic mass is 9.88. The first kappa shape index (κ1) is 20.2. The Hall–Kier alpha value is -1.82. The molecular formula is C17H21Cl2N3O2. The summed E-state index contributed by atoms with van der Waals surface area (Å²) in [5, 5.41) is 6.14. The van der Waals surface area contributed by atoms with E-state index in [0.717, 1.165) is 30.3 Å². The molecule has 0 saturated carbocycles. The molecule has 1 aromatic heterocycles. The van der Waals surface area contributed by atoms with Crippen LogP contribution in [0.4, 0.5) is 5.69 Å². The number of nitrogens with zero attached hydrogens (tertiary/aromatic N) is 1. The minimum atomic E-state index is 0. The van der Waals surface area contributed by atoms with Gasteiger partial charge >= 0.3 is 0 Å². The molecule has 1 aliphatic heterocycles. The normalized spacial score (nSPS) is 14.4. The number of halogens is 2. The first-order chi connectivity index (χ1) is 10.7. The first-order valence-corrected chi connectivity index (χ1v) is 7.42. The largest absolute Gasteiger partial charge is 0.457 e. The molecule has 1 atom stereocenters. The van der Waals surface area contributed by atoms with Crippen LogP contribution >= 0.6 is 24.8 Å². The Morgan fingerprint density at radius 3 is 2.25 bits per heavy atom. The van der Waals surface area contributed by atoms with Gasteiger partial charge in [0.15, 0.2) is 0 Å². The van der Waals surface area contributed by atoms with E-state index in [2.05, 4.69) is 15.6 Å².